The third-order valence-corrected chi connectivity index (χ3v) is 2.97. The molecule has 0 bridgehead atoms. The van der Waals surface area contributed by atoms with Crippen LogP contribution in [0, 0.1) is 5.92 Å². The van der Waals surface area contributed by atoms with E-state index in [2.05, 4.69) is 10.4 Å². The standard InChI is InChI=1S/C10H14F3N3/c11-10(12,13)9-8(6-15-16-9)5-7-1-3-14-4-2-7/h6-7,14H,1-5H2,(H,15,16). The first-order valence-electron chi connectivity index (χ1n) is 5.37. The van der Waals surface area contributed by atoms with Gasteiger partial charge >= 0.3 is 6.18 Å². The second-order valence-electron chi connectivity index (χ2n) is 4.17. The second-order valence-corrected chi connectivity index (χ2v) is 4.17. The molecule has 0 saturated carbocycles. The molecule has 1 aromatic rings. The molecule has 6 heteroatoms. The molecule has 0 atom stereocenters. The Bertz CT molecular complexity index is 339. The summed E-state index contributed by atoms with van der Waals surface area (Å²) in [6, 6.07) is 0. The summed E-state index contributed by atoms with van der Waals surface area (Å²) in [4.78, 5) is 0. The van der Waals surface area contributed by atoms with E-state index >= 15 is 0 Å². The summed E-state index contributed by atoms with van der Waals surface area (Å²) in [6.45, 7) is 1.79. The van der Waals surface area contributed by atoms with Crippen LogP contribution in [-0.4, -0.2) is 23.3 Å². The molecule has 3 nitrogen and oxygen atoms in total. The van der Waals surface area contributed by atoms with Crippen molar-refractivity contribution in [2.75, 3.05) is 13.1 Å². The van der Waals surface area contributed by atoms with Gasteiger partial charge in [-0.25, -0.2) is 0 Å². The number of aromatic nitrogens is 2. The van der Waals surface area contributed by atoms with Crippen molar-refractivity contribution < 1.29 is 13.2 Å². The highest BCUT2D eigenvalue weighted by atomic mass is 19.4. The summed E-state index contributed by atoms with van der Waals surface area (Å²) in [5, 5.41) is 8.73. The fourth-order valence-corrected chi connectivity index (χ4v) is 2.11. The lowest BCUT2D eigenvalue weighted by Crippen LogP contribution is -2.29. The third-order valence-electron chi connectivity index (χ3n) is 2.97. The summed E-state index contributed by atoms with van der Waals surface area (Å²) in [6.07, 6.45) is -0.693. The summed E-state index contributed by atoms with van der Waals surface area (Å²) in [5.41, 5.74) is -0.398. The van der Waals surface area contributed by atoms with Crippen molar-refractivity contribution in [1.82, 2.24) is 15.5 Å². The Morgan fingerprint density at radius 1 is 1.31 bits per heavy atom. The molecule has 0 spiro atoms. The second kappa shape index (κ2) is 4.45. The summed E-state index contributed by atoms with van der Waals surface area (Å²) in [7, 11) is 0. The van der Waals surface area contributed by atoms with Crippen LogP contribution in [0.4, 0.5) is 13.2 Å². The van der Waals surface area contributed by atoms with Gasteiger partial charge < -0.3 is 5.32 Å². The van der Waals surface area contributed by atoms with Crippen molar-refractivity contribution in [2.24, 2.45) is 5.92 Å². The van der Waals surface area contributed by atoms with Crippen LogP contribution in [0.25, 0.3) is 0 Å². The molecule has 16 heavy (non-hydrogen) atoms. The van der Waals surface area contributed by atoms with E-state index in [1.807, 2.05) is 5.10 Å². The number of aromatic amines is 1. The number of halogens is 3. The predicted molar refractivity (Wildman–Crippen MR) is 52.9 cm³/mol. The molecule has 1 saturated heterocycles. The smallest absolute Gasteiger partial charge is 0.317 e. The highest BCUT2D eigenvalue weighted by molar-refractivity contribution is 5.20. The molecule has 0 unspecified atom stereocenters. The molecule has 0 aromatic carbocycles. The molecule has 2 rings (SSSR count). The molecule has 0 radical (unpaired) electrons. The number of piperidine rings is 1. The van der Waals surface area contributed by atoms with Gasteiger partial charge in [0.15, 0.2) is 0 Å². The van der Waals surface area contributed by atoms with E-state index in [1.165, 1.54) is 6.20 Å². The number of hydrogen-bond acceptors (Lipinski definition) is 2. The lowest BCUT2D eigenvalue weighted by molar-refractivity contribution is -0.141. The molecular weight excluding hydrogens is 219 g/mol. The zero-order valence-corrected chi connectivity index (χ0v) is 8.77. The Labute approximate surface area is 91.4 Å². The zero-order valence-electron chi connectivity index (χ0n) is 8.77. The fraction of sp³-hybridized carbons (Fsp3) is 0.700. The fourth-order valence-electron chi connectivity index (χ4n) is 2.11. The van der Waals surface area contributed by atoms with Crippen LogP contribution in [0.3, 0.4) is 0 Å². The Morgan fingerprint density at radius 2 is 2.00 bits per heavy atom. The van der Waals surface area contributed by atoms with Crippen LogP contribution in [-0.2, 0) is 12.6 Å². The zero-order chi connectivity index (χ0) is 11.6. The van der Waals surface area contributed by atoms with E-state index in [-0.39, 0.29) is 0 Å². The maximum absolute atomic E-state index is 12.6. The van der Waals surface area contributed by atoms with Crippen LogP contribution < -0.4 is 5.32 Å². The molecule has 0 amide bonds. The maximum atomic E-state index is 12.6. The Hall–Kier alpha value is -1.04. The van der Waals surface area contributed by atoms with Gasteiger partial charge in [-0.2, -0.15) is 18.3 Å². The van der Waals surface area contributed by atoms with E-state index < -0.39 is 11.9 Å². The minimum Gasteiger partial charge on any atom is -0.317 e. The van der Waals surface area contributed by atoms with E-state index in [4.69, 9.17) is 0 Å². The highest BCUT2D eigenvalue weighted by Gasteiger charge is 2.35. The average Bonchev–Trinajstić information content (AvgIpc) is 2.67. The topological polar surface area (TPSA) is 40.7 Å². The van der Waals surface area contributed by atoms with Gasteiger partial charge in [-0.05, 0) is 38.3 Å². The van der Waals surface area contributed by atoms with Gasteiger partial charge in [-0.1, -0.05) is 0 Å². The number of rotatable bonds is 2. The predicted octanol–water partition coefficient (Wildman–Crippen LogP) is 1.97. The Balaban J connectivity index is 2.06. The summed E-state index contributed by atoms with van der Waals surface area (Å²) in [5.74, 6) is 0.333. The number of nitrogens with zero attached hydrogens (tertiary/aromatic N) is 1. The van der Waals surface area contributed by atoms with Gasteiger partial charge in [-0.15, -0.1) is 0 Å². The molecule has 2 N–H and O–H groups in total. The number of nitrogens with one attached hydrogen (secondary N) is 2. The third kappa shape index (κ3) is 2.55. The minimum absolute atomic E-state index is 0.291. The van der Waals surface area contributed by atoms with Crippen molar-refractivity contribution in [3.05, 3.63) is 17.5 Å². The van der Waals surface area contributed by atoms with Crippen LogP contribution in [0.1, 0.15) is 24.1 Å². The molecule has 2 heterocycles. The van der Waals surface area contributed by atoms with Crippen molar-refractivity contribution in [2.45, 2.75) is 25.4 Å². The van der Waals surface area contributed by atoms with Crippen LogP contribution in [0.2, 0.25) is 0 Å². The first-order chi connectivity index (χ1) is 7.57. The first kappa shape index (κ1) is 11.4. The minimum atomic E-state index is -4.32. The molecule has 1 aromatic heterocycles. The molecule has 90 valence electrons. The number of hydrogen-bond donors (Lipinski definition) is 2. The van der Waals surface area contributed by atoms with Gasteiger partial charge in [0, 0.05) is 5.56 Å². The summed E-state index contributed by atoms with van der Waals surface area (Å²) < 4.78 is 37.7. The van der Waals surface area contributed by atoms with Crippen molar-refractivity contribution in [3.8, 4) is 0 Å². The van der Waals surface area contributed by atoms with Crippen molar-refractivity contribution in [1.29, 1.82) is 0 Å². The molecular formula is C10H14F3N3. The number of H-pyrrole nitrogens is 1. The molecule has 1 aliphatic heterocycles. The molecule has 1 aliphatic rings. The lowest BCUT2D eigenvalue weighted by atomic mass is 9.91. The quantitative estimate of drug-likeness (QED) is 0.820. The van der Waals surface area contributed by atoms with Gasteiger partial charge in [0.2, 0.25) is 0 Å². The summed E-state index contributed by atoms with van der Waals surface area (Å²) >= 11 is 0. The van der Waals surface area contributed by atoms with Gasteiger partial charge in [-0.3, -0.25) is 5.10 Å². The van der Waals surface area contributed by atoms with E-state index in [0.717, 1.165) is 25.9 Å². The Kier molecular flexibility index (Phi) is 3.18. The van der Waals surface area contributed by atoms with Crippen LogP contribution in [0.15, 0.2) is 6.20 Å². The normalized spacial score (nSPS) is 18.9. The van der Waals surface area contributed by atoms with E-state index in [1.54, 1.807) is 0 Å². The highest BCUT2D eigenvalue weighted by Crippen LogP contribution is 2.32. The van der Waals surface area contributed by atoms with E-state index in [9.17, 15) is 13.2 Å². The molecule has 0 aliphatic carbocycles. The maximum Gasteiger partial charge on any atom is 0.433 e. The first-order valence-corrected chi connectivity index (χ1v) is 5.37. The SMILES string of the molecule is FC(F)(F)c1[nH]ncc1CC1CCNCC1. The van der Waals surface area contributed by atoms with Gasteiger partial charge in [0.05, 0.1) is 6.20 Å². The largest absolute Gasteiger partial charge is 0.433 e. The lowest BCUT2D eigenvalue weighted by Gasteiger charge is -2.22. The van der Waals surface area contributed by atoms with Crippen LogP contribution in [0.5, 0.6) is 0 Å². The van der Waals surface area contributed by atoms with Gasteiger partial charge in [0.25, 0.3) is 0 Å². The average molecular weight is 233 g/mol. The number of alkyl halides is 3. The monoisotopic (exact) mass is 233 g/mol. The Morgan fingerprint density at radius 3 is 2.62 bits per heavy atom. The van der Waals surface area contributed by atoms with E-state index in [0.29, 0.717) is 17.9 Å². The van der Waals surface area contributed by atoms with Crippen LogP contribution >= 0.6 is 0 Å². The van der Waals surface area contributed by atoms with Crippen molar-refractivity contribution >= 4 is 0 Å². The van der Waals surface area contributed by atoms with Crippen molar-refractivity contribution in [3.63, 3.8) is 0 Å². The van der Waals surface area contributed by atoms with Gasteiger partial charge in [0.1, 0.15) is 5.69 Å². The molecule has 1 fully saturated rings.